The maximum atomic E-state index is 4.32. The Labute approximate surface area is 157 Å². The summed E-state index contributed by atoms with van der Waals surface area (Å²) in [6.07, 6.45) is 3.74. The van der Waals surface area contributed by atoms with E-state index >= 15 is 0 Å². The van der Waals surface area contributed by atoms with Crippen LogP contribution in [0.25, 0.3) is 0 Å². The lowest BCUT2D eigenvalue weighted by Gasteiger charge is -2.22. The van der Waals surface area contributed by atoms with Gasteiger partial charge in [0.05, 0.1) is 6.54 Å². The number of nitrogens with one attached hydrogen (secondary N) is 1. The molecule has 0 aliphatic heterocycles. The second-order valence-corrected chi connectivity index (χ2v) is 5.54. The Morgan fingerprint density at radius 3 is 2.77 bits per heavy atom. The van der Waals surface area contributed by atoms with E-state index in [0.29, 0.717) is 0 Å². The highest BCUT2D eigenvalue weighted by Crippen LogP contribution is 2.17. The standard InChI is InChI=1S/C15H20BrN5.HI/c1-17-15(18-9-11-21-10-5-8-19-21)20(2)12-13-6-3-4-7-14(13)16;/h3-8,10H,9,11-12H2,1-2H3,(H,17,18);1H. The van der Waals surface area contributed by atoms with Gasteiger partial charge < -0.3 is 10.2 Å². The Balaban J connectivity index is 0.00000242. The molecular weight excluding hydrogens is 457 g/mol. The normalized spacial score (nSPS) is 11.0. The summed E-state index contributed by atoms with van der Waals surface area (Å²) >= 11 is 3.58. The summed E-state index contributed by atoms with van der Waals surface area (Å²) in [7, 11) is 3.83. The lowest BCUT2D eigenvalue weighted by Crippen LogP contribution is -2.39. The van der Waals surface area contributed by atoms with Crippen molar-refractivity contribution < 1.29 is 0 Å². The molecule has 0 unspecified atom stereocenters. The molecule has 0 fully saturated rings. The maximum absolute atomic E-state index is 4.32. The Bertz CT molecular complexity index is 585. The smallest absolute Gasteiger partial charge is 0.193 e. The van der Waals surface area contributed by atoms with E-state index in [0.717, 1.165) is 30.1 Å². The number of rotatable bonds is 5. The zero-order valence-electron chi connectivity index (χ0n) is 12.7. The first-order valence-corrected chi connectivity index (χ1v) is 7.62. The molecule has 1 heterocycles. The van der Waals surface area contributed by atoms with Gasteiger partial charge in [-0.25, -0.2) is 0 Å². The molecule has 1 aromatic heterocycles. The van der Waals surface area contributed by atoms with E-state index in [1.807, 2.05) is 36.1 Å². The summed E-state index contributed by atoms with van der Waals surface area (Å²) in [4.78, 5) is 6.42. The van der Waals surface area contributed by atoms with Gasteiger partial charge in [0.1, 0.15) is 0 Å². The average molecular weight is 478 g/mol. The van der Waals surface area contributed by atoms with Gasteiger partial charge >= 0.3 is 0 Å². The zero-order valence-corrected chi connectivity index (χ0v) is 16.7. The molecule has 1 aromatic carbocycles. The van der Waals surface area contributed by atoms with Crippen molar-refractivity contribution in [1.82, 2.24) is 20.0 Å². The van der Waals surface area contributed by atoms with Crippen LogP contribution in [-0.4, -0.2) is 41.3 Å². The van der Waals surface area contributed by atoms with Crippen LogP contribution in [0.15, 0.2) is 52.2 Å². The Morgan fingerprint density at radius 1 is 1.36 bits per heavy atom. The second-order valence-electron chi connectivity index (χ2n) is 4.69. The van der Waals surface area contributed by atoms with Crippen LogP contribution in [0.1, 0.15) is 5.56 Å². The Kier molecular flexibility index (Phi) is 8.47. The van der Waals surface area contributed by atoms with Crippen LogP contribution in [0.5, 0.6) is 0 Å². The number of aromatic nitrogens is 2. The fourth-order valence-electron chi connectivity index (χ4n) is 2.06. The van der Waals surface area contributed by atoms with Gasteiger partial charge in [-0.15, -0.1) is 24.0 Å². The van der Waals surface area contributed by atoms with Gasteiger partial charge in [-0.05, 0) is 17.7 Å². The fraction of sp³-hybridized carbons (Fsp3) is 0.333. The first-order chi connectivity index (χ1) is 10.2. The second kappa shape index (κ2) is 9.83. The molecule has 22 heavy (non-hydrogen) atoms. The molecule has 0 amide bonds. The predicted octanol–water partition coefficient (Wildman–Crippen LogP) is 2.97. The summed E-state index contributed by atoms with van der Waals surface area (Å²) < 4.78 is 3.01. The van der Waals surface area contributed by atoms with Crippen molar-refractivity contribution in [3.05, 3.63) is 52.8 Å². The first-order valence-electron chi connectivity index (χ1n) is 6.83. The van der Waals surface area contributed by atoms with Crippen molar-refractivity contribution in [2.75, 3.05) is 20.6 Å². The van der Waals surface area contributed by atoms with Crippen molar-refractivity contribution in [1.29, 1.82) is 0 Å². The van der Waals surface area contributed by atoms with E-state index in [9.17, 15) is 0 Å². The molecule has 120 valence electrons. The summed E-state index contributed by atoms with van der Waals surface area (Å²) in [5.41, 5.74) is 1.23. The van der Waals surface area contributed by atoms with Gasteiger partial charge in [-0.1, -0.05) is 34.1 Å². The molecular formula is C15H21BrIN5. The van der Waals surface area contributed by atoms with Gasteiger partial charge in [-0.2, -0.15) is 5.10 Å². The van der Waals surface area contributed by atoms with Crippen molar-refractivity contribution in [3.63, 3.8) is 0 Å². The molecule has 0 bridgehead atoms. The molecule has 0 spiro atoms. The monoisotopic (exact) mass is 477 g/mol. The van der Waals surface area contributed by atoms with Crippen LogP contribution in [-0.2, 0) is 13.1 Å². The molecule has 5 nitrogen and oxygen atoms in total. The molecule has 7 heteroatoms. The zero-order chi connectivity index (χ0) is 15.1. The number of hydrogen-bond donors (Lipinski definition) is 1. The Morgan fingerprint density at radius 2 is 2.14 bits per heavy atom. The van der Waals surface area contributed by atoms with Crippen LogP contribution in [0.4, 0.5) is 0 Å². The summed E-state index contributed by atoms with van der Waals surface area (Å²) in [5.74, 6) is 0.873. The lowest BCUT2D eigenvalue weighted by atomic mass is 10.2. The summed E-state index contributed by atoms with van der Waals surface area (Å²) in [6, 6.07) is 10.1. The lowest BCUT2D eigenvalue weighted by molar-refractivity contribution is 0.469. The molecule has 0 radical (unpaired) electrons. The van der Waals surface area contributed by atoms with E-state index in [4.69, 9.17) is 0 Å². The number of hydrogen-bond acceptors (Lipinski definition) is 2. The molecule has 0 atom stereocenters. The molecule has 2 rings (SSSR count). The Hall–Kier alpha value is -1.09. The number of halogens is 2. The maximum Gasteiger partial charge on any atom is 0.193 e. The SMILES string of the molecule is CN=C(NCCn1cccn1)N(C)Cc1ccccc1Br.I. The van der Waals surface area contributed by atoms with Gasteiger partial charge in [0.25, 0.3) is 0 Å². The van der Waals surface area contributed by atoms with Crippen LogP contribution in [0, 0.1) is 0 Å². The topological polar surface area (TPSA) is 45.5 Å². The largest absolute Gasteiger partial charge is 0.354 e. The van der Waals surface area contributed by atoms with Gasteiger partial charge in [0, 0.05) is 44.1 Å². The number of benzene rings is 1. The molecule has 0 aliphatic rings. The van der Waals surface area contributed by atoms with Gasteiger partial charge in [-0.3, -0.25) is 9.67 Å². The first kappa shape index (κ1) is 19.0. The molecule has 0 aliphatic carbocycles. The van der Waals surface area contributed by atoms with E-state index in [2.05, 4.69) is 48.4 Å². The van der Waals surface area contributed by atoms with E-state index in [-0.39, 0.29) is 24.0 Å². The summed E-state index contributed by atoms with van der Waals surface area (Å²) in [6.45, 7) is 2.40. The summed E-state index contributed by atoms with van der Waals surface area (Å²) in [5, 5.41) is 7.53. The van der Waals surface area contributed by atoms with Gasteiger partial charge in [0.2, 0.25) is 0 Å². The highest BCUT2D eigenvalue weighted by molar-refractivity contribution is 14.0. The third-order valence-corrected chi connectivity index (χ3v) is 3.90. The van der Waals surface area contributed by atoms with Crippen LogP contribution in [0.3, 0.4) is 0 Å². The van der Waals surface area contributed by atoms with Crippen LogP contribution in [0.2, 0.25) is 0 Å². The van der Waals surface area contributed by atoms with Crippen molar-refractivity contribution >= 4 is 45.9 Å². The van der Waals surface area contributed by atoms with E-state index in [1.54, 1.807) is 13.2 Å². The van der Waals surface area contributed by atoms with Crippen molar-refractivity contribution in [2.45, 2.75) is 13.1 Å². The van der Waals surface area contributed by atoms with Crippen LogP contribution < -0.4 is 5.32 Å². The number of guanidine groups is 1. The molecule has 1 N–H and O–H groups in total. The minimum Gasteiger partial charge on any atom is -0.354 e. The van der Waals surface area contributed by atoms with E-state index in [1.165, 1.54) is 5.56 Å². The van der Waals surface area contributed by atoms with Gasteiger partial charge in [0.15, 0.2) is 5.96 Å². The van der Waals surface area contributed by atoms with Crippen molar-refractivity contribution in [3.8, 4) is 0 Å². The molecule has 0 saturated heterocycles. The molecule has 2 aromatic rings. The molecule has 0 saturated carbocycles. The third kappa shape index (κ3) is 5.60. The quantitative estimate of drug-likeness (QED) is 0.409. The van der Waals surface area contributed by atoms with Crippen LogP contribution >= 0.6 is 39.9 Å². The van der Waals surface area contributed by atoms with E-state index < -0.39 is 0 Å². The third-order valence-electron chi connectivity index (χ3n) is 3.12. The van der Waals surface area contributed by atoms with Crippen molar-refractivity contribution in [2.24, 2.45) is 4.99 Å². The predicted molar refractivity (Wildman–Crippen MR) is 105 cm³/mol. The minimum atomic E-state index is 0. The number of aliphatic imine (C=N–C) groups is 1. The average Bonchev–Trinajstić information content (AvgIpc) is 2.99. The minimum absolute atomic E-state index is 0. The highest BCUT2D eigenvalue weighted by atomic mass is 127. The fourth-order valence-corrected chi connectivity index (χ4v) is 2.47. The number of nitrogens with zero attached hydrogens (tertiary/aromatic N) is 4. The highest BCUT2D eigenvalue weighted by Gasteiger charge is 2.08.